The lowest BCUT2D eigenvalue weighted by atomic mass is 9.98. The average molecular weight is 500 g/mol. The van der Waals surface area contributed by atoms with Crippen LogP contribution in [-0.4, -0.2) is 56.0 Å². The number of aromatic carboxylic acids is 1. The van der Waals surface area contributed by atoms with Crippen molar-refractivity contribution in [1.82, 2.24) is 24.3 Å². The zero-order valence-corrected chi connectivity index (χ0v) is 21.0. The molecule has 0 atom stereocenters. The first kappa shape index (κ1) is 24.3. The molecule has 0 saturated carbocycles. The van der Waals surface area contributed by atoms with Crippen LogP contribution in [0.5, 0.6) is 0 Å². The molecule has 4 rings (SSSR count). The van der Waals surface area contributed by atoms with Crippen LogP contribution in [0.1, 0.15) is 36.8 Å². The number of carboxylic acids is 1. The van der Waals surface area contributed by atoms with Crippen molar-refractivity contribution >= 4 is 43.8 Å². The summed E-state index contributed by atoms with van der Waals surface area (Å²) in [5, 5.41) is 14.8. The molecule has 0 unspecified atom stereocenters. The Labute approximate surface area is 201 Å². The molecular weight excluding hydrogens is 474 g/mol. The molecule has 0 aliphatic heterocycles. The van der Waals surface area contributed by atoms with E-state index in [4.69, 9.17) is 4.74 Å². The van der Waals surface area contributed by atoms with Crippen molar-refractivity contribution in [3.8, 4) is 11.4 Å². The summed E-state index contributed by atoms with van der Waals surface area (Å²) in [6.45, 7) is 6.62. The smallest absolute Gasteiger partial charge is 0.339 e. The van der Waals surface area contributed by atoms with Crippen LogP contribution < -0.4 is 0 Å². The van der Waals surface area contributed by atoms with E-state index in [0.717, 1.165) is 6.26 Å². The first-order chi connectivity index (χ1) is 16.2. The molecule has 3 heterocycles. The summed E-state index contributed by atoms with van der Waals surface area (Å²) in [4.78, 5) is 33.4. The van der Waals surface area contributed by atoms with Crippen LogP contribution in [0.2, 0.25) is 0 Å². The van der Waals surface area contributed by atoms with Crippen molar-refractivity contribution in [1.29, 1.82) is 0 Å². The maximum atomic E-state index is 12.2. The summed E-state index contributed by atoms with van der Waals surface area (Å²) in [7, 11) is -1.74. The van der Waals surface area contributed by atoms with Gasteiger partial charge in [0.05, 0.1) is 21.5 Å². The van der Waals surface area contributed by atoms with Crippen molar-refractivity contribution in [2.45, 2.75) is 39.3 Å². The Morgan fingerprint density at radius 3 is 2.43 bits per heavy atom. The number of esters is 1. The van der Waals surface area contributed by atoms with Gasteiger partial charge in [0, 0.05) is 24.9 Å². The molecule has 1 N–H and O–H groups in total. The van der Waals surface area contributed by atoms with Crippen molar-refractivity contribution in [2.75, 3.05) is 6.26 Å². The maximum absolute atomic E-state index is 12.2. The van der Waals surface area contributed by atoms with Gasteiger partial charge in [-0.3, -0.25) is 14.0 Å². The van der Waals surface area contributed by atoms with Gasteiger partial charge in [0.25, 0.3) is 0 Å². The third-order valence-electron chi connectivity index (χ3n) is 5.52. The predicted molar refractivity (Wildman–Crippen MR) is 128 cm³/mol. The normalized spacial score (nSPS) is 12.4. The number of sulfone groups is 1. The Morgan fingerprint density at radius 1 is 1.14 bits per heavy atom. The molecule has 0 aliphatic rings. The minimum absolute atomic E-state index is 0.1000. The number of carbonyl (C=O) groups is 2. The number of carboxylic acid groups (broad SMARTS) is 1. The summed E-state index contributed by atoms with van der Waals surface area (Å²) < 4.78 is 32.6. The van der Waals surface area contributed by atoms with Gasteiger partial charge in [-0.1, -0.05) is 0 Å². The number of hydrogen-bond donors (Lipinski definition) is 1. The minimum Gasteiger partial charge on any atom is -0.478 e. The quantitative estimate of drug-likeness (QED) is 0.409. The molecule has 0 saturated heterocycles. The third kappa shape index (κ3) is 4.36. The molecule has 3 aromatic heterocycles. The molecule has 0 spiro atoms. The molecular formula is C23H25N5O6S. The van der Waals surface area contributed by atoms with Gasteiger partial charge in [-0.05, 0) is 45.9 Å². The fourth-order valence-corrected chi connectivity index (χ4v) is 4.29. The van der Waals surface area contributed by atoms with Gasteiger partial charge in [-0.25, -0.2) is 23.2 Å². The lowest BCUT2D eigenvalue weighted by molar-refractivity contribution is -0.156. The van der Waals surface area contributed by atoms with Crippen LogP contribution in [0, 0.1) is 12.3 Å². The Kier molecular flexibility index (Phi) is 5.67. The van der Waals surface area contributed by atoms with Crippen LogP contribution in [-0.2, 0) is 33.1 Å². The van der Waals surface area contributed by atoms with E-state index in [0.29, 0.717) is 28.0 Å². The third-order valence-corrected chi connectivity index (χ3v) is 6.63. The van der Waals surface area contributed by atoms with Gasteiger partial charge >= 0.3 is 11.9 Å². The van der Waals surface area contributed by atoms with Crippen LogP contribution in [0.15, 0.2) is 29.3 Å². The van der Waals surface area contributed by atoms with E-state index < -0.39 is 27.2 Å². The topological polar surface area (TPSA) is 146 Å². The van der Waals surface area contributed by atoms with Crippen LogP contribution in [0.25, 0.3) is 33.5 Å². The predicted octanol–water partition coefficient (Wildman–Crippen LogP) is 2.94. The van der Waals surface area contributed by atoms with E-state index in [-0.39, 0.29) is 28.4 Å². The van der Waals surface area contributed by atoms with Crippen LogP contribution in [0.4, 0.5) is 0 Å². The fraction of sp³-hybridized carbons (Fsp3) is 0.348. The lowest BCUT2D eigenvalue weighted by Gasteiger charge is -2.17. The minimum atomic E-state index is -3.46. The van der Waals surface area contributed by atoms with E-state index >= 15 is 0 Å². The Balaban J connectivity index is 1.90. The second-order valence-corrected chi connectivity index (χ2v) is 11.4. The van der Waals surface area contributed by atoms with Gasteiger partial charge in [0.15, 0.2) is 22.2 Å². The Morgan fingerprint density at radius 2 is 1.83 bits per heavy atom. The molecule has 1 aromatic carbocycles. The fourth-order valence-electron chi connectivity index (χ4n) is 3.64. The summed E-state index contributed by atoms with van der Waals surface area (Å²) in [5.41, 5.74) is 1.32. The Bertz CT molecular complexity index is 1630. The van der Waals surface area contributed by atoms with Gasteiger partial charge in [0.2, 0.25) is 0 Å². The molecule has 35 heavy (non-hydrogen) atoms. The number of aromatic nitrogens is 5. The zero-order valence-electron chi connectivity index (χ0n) is 20.1. The van der Waals surface area contributed by atoms with Crippen molar-refractivity contribution in [3.63, 3.8) is 0 Å². The van der Waals surface area contributed by atoms with E-state index in [1.165, 1.54) is 22.9 Å². The van der Waals surface area contributed by atoms with Crippen molar-refractivity contribution in [2.24, 2.45) is 12.5 Å². The Hall–Kier alpha value is -3.80. The molecule has 4 aromatic rings. The molecule has 184 valence electrons. The highest BCUT2D eigenvalue weighted by atomic mass is 32.2. The highest BCUT2D eigenvalue weighted by molar-refractivity contribution is 7.90. The molecule has 0 bridgehead atoms. The van der Waals surface area contributed by atoms with E-state index in [9.17, 15) is 23.1 Å². The van der Waals surface area contributed by atoms with Gasteiger partial charge in [-0.2, -0.15) is 5.10 Å². The first-order valence-electron chi connectivity index (χ1n) is 10.6. The number of nitrogens with zero attached hydrogens (tertiary/aromatic N) is 5. The molecule has 12 heteroatoms. The number of fused-ring (bicyclic) bond motifs is 2. The van der Waals surface area contributed by atoms with Crippen LogP contribution in [0.3, 0.4) is 0 Å². The highest BCUT2D eigenvalue weighted by Crippen LogP contribution is 2.32. The van der Waals surface area contributed by atoms with Crippen molar-refractivity contribution < 1.29 is 27.9 Å². The highest BCUT2D eigenvalue weighted by Gasteiger charge is 2.26. The largest absolute Gasteiger partial charge is 0.478 e. The number of aryl methyl sites for hydroxylation is 2. The number of benzene rings is 1. The second kappa shape index (κ2) is 8.15. The van der Waals surface area contributed by atoms with E-state index in [2.05, 4.69) is 15.1 Å². The standard InChI is InChI=1S/C23H25N5O6S/c1-12-17(18-14-9-13(35(6,32)33)7-8-16(14)27(5)26-18)25-19-15(21(29)30)10-28(20(19)24-12)11-34-22(31)23(2,3)4/h7-10H,11H2,1-6H3,(H,29,30). The van der Waals surface area contributed by atoms with Crippen LogP contribution >= 0.6 is 0 Å². The molecule has 0 radical (unpaired) electrons. The van der Waals surface area contributed by atoms with Gasteiger partial charge < -0.3 is 9.84 Å². The van der Waals surface area contributed by atoms with Crippen molar-refractivity contribution in [3.05, 3.63) is 35.7 Å². The summed E-state index contributed by atoms with van der Waals surface area (Å²) in [6.07, 6.45) is 2.44. The molecule has 11 nitrogen and oxygen atoms in total. The zero-order chi connectivity index (χ0) is 25.9. The number of rotatable bonds is 5. The molecule has 0 amide bonds. The molecule has 0 fully saturated rings. The number of ether oxygens (including phenoxy) is 1. The lowest BCUT2D eigenvalue weighted by Crippen LogP contribution is -2.24. The van der Waals surface area contributed by atoms with E-state index in [1.54, 1.807) is 45.5 Å². The van der Waals surface area contributed by atoms with E-state index in [1.807, 2.05) is 0 Å². The summed E-state index contributed by atoms with van der Waals surface area (Å²) >= 11 is 0. The van der Waals surface area contributed by atoms with Gasteiger partial charge in [-0.15, -0.1) is 0 Å². The number of carbonyl (C=O) groups excluding carboxylic acids is 1. The maximum Gasteiger partial charge on any atom is 0.339 e. The van der Waals surface area contributed by atoms with Gasteiger partial charge in [0.1, 0.15) is 22.5 Å². The SMILES string of the molecule is Cc1nc2c(nc1-c1nn(C)c3ccc(S(C)(=O)=O)cc13)c(C(=O)O)cn2COC(=O)C(C)(C)C. The molecule has 0 aliphatic carbocycles. The monoisotopic (exact) mass is 499 g/mol. The first-order valence-corrected chi connectivity index (χ1v) is 12.5. The second-order valence-electron chi connectivity index (χ2n) is 9.38. The summed E-state index contributed by atoms with van der Waals surface area (Å²) in [6, 6.07) is 4.69. The average Bonchev–Trinajstić information content (AvgIpc) is 3.27. The summed E-state index contributed by atoms with van der Waals surface area (Å²) in [5.74, 6) is -1.66. The number of hydrogen-bond acceptors (Lipinski definition) is 8.